The fraction of sp³-hybridized carbons (Fsp3) is 0.400. The van der Waals surface area contributed by atoms with E-state index >= 15 is 0 Å². The van der Waals surface area contributed by atoms with Crippen molar-refractivity contribution in [3.63, 3.8) is 0 Å². The quantitative estimate of drug-likeness (QED) is 0.860. The third kappa shape index (κ3) is 2.76. The van der Waals surface area contributed by atoms with Crippen LogP contribution in [0.4, 0.5) is 14.5 Å². The molecule has 0 aliphatic carbocycles. The number of benzene rings is 1. The Kier molecular flexibility index (Phi) is 3.74. The van der Waals surface area contributed by atoms with Gasteiger partial charge in [-0.15, -0.1) is 0 Å². The predicted molar refractivity (Wildman–Crippen MR) is 82.8 cm³/mol. The fourth-order valence-corrected chi connectivity index (χ4v) is 2.88. The number of hydrogen-bond donors (Lipinski definition) is 1. The van der Waals surface area contributed by atoms with Crippen molar-refractivity contribution in [1.29, 1.82) is 0 Å². The number of alkyl halides is 2. The zero-order valence-electron chi connectivity index (χ0n) is 12.2. The Balaban J connectivity index is 2.10. The van der Waals surface area contributed by atoms with Gasteiger partial charge in [-0.05, 0) is 12.1 Å². The SMILES string of the molecule is C/N=C\c1ccc(N2CC(N)CC(F)(F)C2)c2nccnc12. The molecule has 1 fully saturated rings. The smallest absolute Gasteiger partial charge is 0.266 e. The summed E-state index contributed by atoms with van der Waals surface area (Å²) in [4.78, 5) is 14.2. The van der Waals surface area contributed by atoms with E-state index in [0.717, 1.165) is 5.56 Å². The highest BCUT2D eigenvalue weighted by Gasteiger charge is 2.39. The summed E-state index contributed by atoms with van der Waals surface area (Å²) in [6.45, 7) is 0.0239. The van der Waals surface area contributed by atoms with Crippen LogP contribution >= 0.6 is 0 Å². The molecule has 1 aliphatic rings. The summed E-state index contributed by atoms with van der Waals surface area (Å²) < 4.78 is 27.6. The minimum absolute atomic E-state index is 0.284. The number of fused-ring (bicyclic) bond motifs is 1. The van der Waals surface area contributed by atoms with Crippen LogP contribution in [0, 0.1) is 0 Å². The van der Waals surface area contributed by atoms with E-state index in [-0.39, 0.29) is 13.0 Å². The highest BCUT2D eigenvalue weighted by Crippen LogP contribution is 2.33. The Morgan fingerprint density at radius 3 is 2.73 bits per heavy atom. The molecule has 2 heterocycles. The normalized spacial score (nSPS) is 21.6. The van der Waals surface area contributed by atoms with Crippen LogP contribution in [0.1, 0.15) is 12.0 Å². The molecule has 1 atom stereocenters. The number of nitrogens with zero attached hydrogens (tertiary/aromatic N) is 4. The minimum Gasteiger partial charge on any atom is -0.362 e. The van der Waals surface area contributed by atoms with Crippen LogP contribution in [0.2, 0.25) is 0 Å². The van der Waals surface area contributed by atoms with Gasteiger partial charge in [0.15, 0.2) is 0 Å². The van der Waals surface area contributed by atoms with Gasteiger partial charge in [-0.25, -0.2) is 8.78 Å². The van der Waals surface area contributed by atoms with Gasteiger partial charge in [-0.2, -0.15) is 0 Å². The second-order valence-electron chi connectivity index (χ2n) is 5.52. The number of aromatic nitrogens is 2. The zero-order valence-corrected chi connectivity index (χ0v) is 12.2. The van der Waals surface area contributed by atoms with Gasteiger partial charge in [0.25, 0.3) is 5.92 Å². The first-order chi connectivity index (χ1) is 10.5. The highest BCUT2D eigenvalue weighted by molar-refractivity contribution is 6.01. The molecule has 1 unspecified atom stereocenters. The van der Waals surface area contributed by atoms with E-state index in [4.69, 9.17) is 5.73 Å². The number of rotatable bonds is 2. The molecule has 116 valence electrons. The van der Waals surface area contributed by atoms with Crippen LogP contribution in [-0.4, -0.2) is 48.3 Å². The molecule has 0 saturated carbocycles. The average molecular weight is 305 g/mol. The van der Waals surface area contributed by atoms with Crippen molar-refractivity contribution >= 4 is 22.9 Å². The minimum atomic E-state index is -2.80. The molecule has 22 heavy (non-hydrogen) atoms. The lowest BCUT2D eigenvalue weighted by atomic mass is 10.0. The molecular formula is C15H17F2N5. The van der Waals surface area contributed by atoms with Crippen molar-refractivity contribution in [2.75, 3.05) is 25.0 Å². The van der Waals surface area contributed by atoms with Crippen LogP contribution in [-0.2, 0) is 0 Å². The van der Waals surface area contributed by atoms with Gasteiger partial charge in [0.2, 0.25) is 0 Å². The Hall–Kier alpha value is -2.15. The second-order valence-corrected chi connectivity index (χ2v) is 5.52. The van der Waals surface area contributed by atoms with E-state index in [1.165, 1.54) is 0 Å². The maximum atomic E-state index is 13.8. The molecule has 2 aromatic rings. The van der Waals surface area contributed by atoms with Gasteiger partial charge < -0.3 is 10.6 Å². The molecule has 1 aromatic carbocycles. The van der Waals surface area contributed by atoms with Crippen molar-refractivity contribution in [2.45, 2.75) is 18.4 Å². The number of halogens is 2. The molecule has 0 spiro atoms. The maximum Gasteiger partial charge on any atom is 0.266 e. The largest absolute Gasteiger partial charge is 0.362 e. The van der Waals surface area contributed by atoms with Crippen LogP contribution in [0.15, 0.2) is 29.5 Å². The molecule has 3 rings (SSSR count). The van der Waals surface area contributed by atoms with Gasteiger partial charge in [-0.1, -0.05) is 0 Å². The lowest BCUT2D eigenvalue weighted by molar-refractivity contribution is -0.0171. The number of anilines is 1. The van der Waals surface area contributed by atoms with Crippen molar-refractivity contribution in [3.05, 3.63) is 30.1 Å². The molecule has 0 radical (unpaired) electrons. The van der Waals surface area contributed by atoms with Crippen LogP contribution < -0.4 is 10.6 Å². The van der Waals surface area contributed by atoms with Gasteiger partial charge in [0, 0.05) is 50.2 Å². The van der Waals surface area contributed by atoms with E-state index in [0.29, 0.717) is 23.3 Å². The summed E-state index contributed by atoms with van der Waals surface area (Å²) in [5, 5.41) is 0. The maximum absolute atomic E-state index is 13.8. The summed E-state index contributed by atoms with van der Waals surface area (Å²) in [5.74, 6) is -2.80. The lowest BCUT2D eigenvalue weighted by Gasteiger charge is -2.37. The Morgan fingerprint density at radius 2 is 2.05 bits per heavy atom. The molecule has 1 aromatic heterocycles. The van der Waals surface area contributed by atoms with Gasteiger partial charge in [0.05, 0.1) is 17.7 Å². The first kappa shape index (κ1) is 14.8. The first-order valence-corrected chi connectivity index (χ1v) is 7.04. The second kappa shape index (κ2) is 5.57. The van der Waals surface area contributed by atoms with E-state index in [2.05, 4.69) is 15.0 Å². The summed E-state index contributed by atoms with van der Waals surface area (Å²) in [6, 6.07) is 3.03. The van der Waals surface area contributed by atoms with Crippen LogP contribution in [0.5, 0.6) is 0 Å². The zero-order chi connectivity index (χ0) is 15.7. The monoisotopic (exact) mass is 305 g/mol. The first-order valence-electron chi connectivity index (χ1n) is 7.04. The molecule has 1 aliphatic heterocycles. The molecule has 0 amide bonds. The predicted octanol–water partition coefficient (Wildman–Crippen LogP) is 1.85. The molecular weight excluding hydrogens is 288 g/mol. The standard InChI is InChI=1S/C15H17F2N5/c1-19-7-10-2-3-12(14-13(10)20-4-5-21-14)22-8-11(18)6-15(16,17)9-22/h2-5,7,11H,6,8-9,18H2,1H3/b19-7-. The van der Waals surface area contributed by atoms with Gasteiger partial charge in [0.1, 0.15) is 5.52 Å². The number of nitrogens with two attached hydrogens (primary N) is 1. The van der Waals surface area contributed by atoms with Crippen LogP contribution in [0.3, 0.4) is 0 Å². The molecule has 2 N–H and O–H groups in total. The molecule has 5 nitrogen and oxygen atoms in total. The van der Waals surface area contributed by atoms with Crippen LogP contribution in [0.25, 0.3) is 11.0 Å². The van der Waals surface area contributed by atoms with E-state index in [9.17, 15) is 8.78 Å². The number of piperidine rings is 1. The summed E-state index contributed by atoms with van der Waals surface area (Å²) in [5.41, 5.74) is 8.45. The summed E-state index contributed by atoms with van der Waals surface area (Å²) in [6.07, 6.45) is 4.53. The average Bonchev–Trinajstić information content (AvgIpc) is 2.45. The summed E-state index contributed by atoms with van der Waals surface area (Å²) >= 11 is 0. The Labute approximate surface area is 126 Å². The Bertz CT molecular complexity index is 716. The van der Waals surface area contributed by atoms with Gasteiger partial charge >= 0.3 is 0 Å². The van der Waals surface area contributed by atoms with E-state index in [1.54, 1.807) is 36.6 Å². The highest BCUT2D eigenvalue weighted by atomic mass is 19.3. The lowest BCUT2D eigenvalue weighted by Crippen LogP contribution is -2.52. The third-order valence-electron chi connectivity index (χ3n) is 3.68. The molecule has 1 saturated heterocycles. The number of hydrogen-bond acceptors (Lipinski definition) is 5. The summed E-state index contributed by atoms with van der Waals surface area (Å²) in [7, 11) is 1.67. The Morgan fingerprint density at radius 1 is 1.32 bits per heavy atom. The van der Waals surface area contributed by atoms with Crippen molar-refractivity contribution < 1.29 is 8.78 Å². The van der Waals surface area contributed by atoms with Crippen molar-refractivity contribution in [2.24, 2.45) is 10.7 Å². The van der Waals surface area contributed by atoms with Crippen molar-refractivity contribution in [3.8, 4) is 0 Å². The number of aliphatic imine (C=N–C) groups is 1. The molecule has 0 bridgehead atoms. The topological polar surface area (TPSA) is 67.4 Å². The fourth-order valence-electron chi connectivity index (χ4n) is 2.88. The van der Waals surface area contributed by atoms with E-state index < -0.39 is 12.0 Å². The van der Waals surface area contributed by atoms with Gasteiger partial charge in [-0.3, -0.25) is 15.0 Å². The van der Waals surface area contributed by atoms with Crippen molar-refractivity contribution in [1.82, 2.24) is 9.97 Å². The third-order valence-corrected chi connectivity index (χ3v) is 3.68. The molecule has 7 heteroatoms. The van der Waals surface area contributed by atoms with E-state index in [1.807, 2.05) is 6.07 Å².